The predicted molar refractivity (Wildman–Crippen MR) is 67.0 cm³/mol. The quantitative estimate of drug-likeness (QED) is 0.817. The number of aliphatic carboxylic acids is 1. The molecule has 0 saturated carbocycles. The summed E-state index contributed by atoms with van der Waals surface area (Å²) in [5.41, 5.74) is 4.20. The Morgan fingerprint density at radius 2 is 2.18 bits per heavy atom. The van der Waals surface area contributed by atoms with Crippen LogP contribution in [0.3, 0.4) is 0 Å². The molecule has 0 saturated heterocycles. The fourth-order valence-electron chi connectivity index (χ4n) is 2.26. The Labute approximate surface area is 102 Å². The summed E-state index contributed by atoms with van der Waals surface area (Å²) in [4.78, 5) is 10.7. The summed E-state index contributed by atoms with van der Waals surface area (Å²) in [6.07, 6.45) is 3.66. The van der Waals surface area contributed by atoms with E-state index in [0.29, 0.717) is 6.54 Å². The third kappa shape index (κ3) is 3.07. The first-order valence-electron chi connectivity index (χ1n) is 6.21. The van der Waals surface area contributed by atoms with Crippen molar-refractivity contribution in [2.75, 3.05) is 6.54 Å². The molecule has 3 heteroatoms. The molecule has 1 aromatic rings. The molecule has 1 unspecified atom stereocenters. The van der Waals surface area contributed by atoms with Crippen LogP contribution in [0, 0.1) is 5.92 Å². The summed E-state index contributed by atoms with van der Waals surface area (Å²) in [5.74, 6) is -1.07. The smallest absolute Gasteiger partial charge is 0.307 e. The molecule has 1 aliphatic carbocycles. The van der Waals surface area contributed by atoms with Crippen molar-refractivity contribution in [2.24, 2.45) is 5.92 Å². The van der Waals surface area contributed by atoms with Crippen LogP contribution >= 0.6 is 0 Å². The van der Waals surface area contributed by atoms with Crippen molar-refractivity contribution in [3.05, 3.63) is 34.9 Å². The Hall–Kier alpha value is -1.35. The van der Waals surface area contributed by atoms with Gasteiger partial charge in [-0.3, -0.25) is 4.79 Å². The van der Waals surface area contributed by atoms with Gasteiger partial charge in [0.15, 0.2) is 0 Å². The van der Waals surface area contributed by atoms with Crippen molar-refractivity contribution in [3.8, 4) is 0 Å². The average molecular weight is 233 g/mol. The number of nitrogens with one attached hydrogen (secondary N) is 1. The topological polar surface area (TPSA) is 49.3 Å². The second-order valence-electron chi connectivity index (χ2n) is 4.83. The predicted octanol–water partition coefficient (Wildman–Crippen LogP) is 1.99. The third-order valence-electron chi connectivity index (χ3n) is 3.36. The highest BCUT2D eigenvalue weighted by atomic mass is 16.4. The fraction of sp³-hybridized carbons (Fsp3) is 0.500. The van der Waals surface area contributed by atoms with E-state index in [4.69, 9.17) is 5.11 Å². The third-order valence-corrected chi connectivity index (χ3v) is 3.36. The Balaban J connectivity index is 1.85. The van der Waals surface area contributed by atoms with Crippen LogP contribution in [0.15, 0.2) is 18.2 Å². The normalized spacial score (nSPS) is 15.6. The molecule has 0 aliphatic heterocycles. The highest BCUT2D eigenvalue weighted by Crippen LogP contribution is 2.22. The van der Waals surface area contributed by atoms with E-state index < -0.39 is 5.97 Å². The van der Waals surface area contributed by atoms with E-state index in [1.165, 1.54) is 36.0 Å². The van der Waals surface area contributed by atoms with E-state index in [-0.39, 0.29) is 5.92 Å². The lowest BCUT2D eigenvalue weighted by molar-refractivity contribution is -0.140. The van der Waals surface area contributed by atoms with Crippen LogP contribution in [-0.4, -0.2) is 17.6 Å². The van der Waals surface area contributed by atoms with Gasteiger partial charge in [-0.1, -0.05) is 25.1 Å². The van der Waals surface area contributed by atoms with Gasteiger partial charge in [0, 0.05) is 13.1 Å². The molecule has 17 heavy (non-hydrogen) atoms. The van der Waals surface area contributed by atoms with Crippen molar-refractivity contribution in [2.45, 2.75) is 32.7 Å². The van der Waals surface area contributed by atoms with E-state index in [9.17, 15) is 4.79 Å². The molecule has 1 atom stereocenters. The number of carboxylic acids is 1. The number of fused-ring (bicyclic) bond motifs is 1. The van der Waals surface area contributed by atoms with Crippen molar-refractivity contribution in [1.82, 2.24) is 5.32 Å². The van der Waals surface area contributed by atoms with Crippen molar-refractivity contribution >= 4 is 5.97 Å². The standard InChI is InChI=1S/C14H19NO2/c1-10(14(16)17)8-15-9-11-5-6-12-3-2-4-13(12)7-11/h5-7,10,15H,2-4,8-9H2,1H3,(H,16,17). The Bertz CT molecular complexity index is 415. The van der Waals surface area contributed by atoms with Gasteiger partial charge in [-0.15, -0.1) is 0 Å². The largest absolute Gasteiger partial charge is 0.481 e. The zero-order chi connectivity index (χ0) is 12.3. The van der Waals surface area contributed by atoms with Crippen LogP contribution in [0.5, 0.6) is 0 Å². The van der Waals surface area contributed by atoms with Crippen LogP contribution in [-0.2, 0) is 24.2 Å². The van der Waals surface area contributed by atoms with Crippen LogP contribution in [0.2, 0.25) is 0 Å². The van der Waals surface area contributed by atoms with Gasteiger partial charge in [0.25, 0.3) is 0 Å². The second-order valence-corrected chi connectivity index (χ2v) is 4.83. The Morgan fingerprint density at radius 1 is 1.41 bits per heavy atom. The molecule has 1 aliphatic rings. The molecule has 0 aromatic heterocycles. The first kappa shape index (κ1) is 12.1. The number of aryl methyl sites for hydroxylation is 2. The maximum Gasteiger partial charge on any atom is 0.307 e. The average Bonchev–Trinajstić information content (AvgIpc) is 2.75. The van der Waals surface area contributed by atoms with E-state index in [1.807, 2.05) is 0 Å². The van der Waals surface area contributed by atoms with Gasteiger partial charge in [0.05, 0.1) is 5.92 Å². The van der Waals surface area contributed by atoms with Crippen LogP contribution < -0.4 is 5.32 Å². The minimum Gasteiger partial charge on any atom is -0.481 e. The molecule has 0 fully saturated rings. The molecule has 1 aromatic carbocycles. The van der Waals surface area contributed by atoms with Gasteiger partial charge in [0.2, 0.25) is 0 Å². The first-order chi connectivity index (χ1) is 8.16. The molecule has 0 amide bonds. The zero-order valence-corrected chi connectivity index (χ0v) is 10.2. The summed E-state index contributed by atoms with van der Waals surface area (Å²) >= 11 is 0. The van der Waals surface area contributed by atoms with Gasteiger partial charge in [-0.2, -0.15) is 0 Å². The van der Waals surface area contributed by atoms with Crippen LogP contribution in [0.1, 0.15) is 30.0 Å². The fourth-order valence-corrected chi connectivity index (χ4v) is 2.26. The first-order valence-corrected chi connectivity index (χ1v) is 6.21. The lowest BCUT2D eigenvalue weighted by Gasteiger charge is -2.09. The highest BCUT2D eigenvalue weighted by molar-refractivity contribution is 5.69. The maximum atomic E-state index is 10.7. The second kappa shape index (κ2) is 5.32. The van der Waals surface area contributed by atoms with Gasteiger partial charge < -0.3 is 10.4 Å². The molecular formula is C14H19NO2. The molecule has 0 heterocycles. The summed E-state index contributed by atoms with van der Waals surface area (Å²) in [6.45, 7) is 3.00. The summed E-state index contributed by atoms with van der Waals surface area (Å²) < 4.78 is 0. The SMILES string of the molecule is CC(CNCc1ccc2c(c1)CCC2)C(=O)O. The number of benzene rings is 1. The van der Waals surface area contributed by atoms with Crippen molar-refractivity contribution in [1.29, 1.82) is 0 Å². The Kier molecular flexibility index (Phi) is 3.79. The molecule has 0 bridgehead atoms. The lowest BCUT2D eigenvalue weighted by Crippen LogP contribution is -2.25. The lowest BCUT2D eigenvalue weighted by atomic mass is 10.1. The van der Waals surface area contributed by atoms with Crippen molar-refractivity contribution < 1.29 is 9.90 Å². The van der Waals surface area contributed by atoms with Gasteiger partial charge in [0.1, 0.15) is 0 Å². The van der Waals surface area contributed by atoms with Crippen LogP contribution in [0.4, 0.5) is 0 Å². The molecule has 2 N–H and O–H groups in total. The molecule has 3 nitrogen and oxygen atoms in total. The van der Waals surface area contributed by atoms with Gasteiger partial charge in [-0.25, -0.2) is 0 Å². The summed E-state index contributed by atoms with van der Waals surface area (Å²) in [6, 6.07) is 6.60. The molecule has 0 spiro atoms. The summed E-state index contributed by atoms with van der Waals surface area (Å²) in [7, 11) is 0. The summed E-state index contributed by atoms with van der Waals surface area (Å²) in [5, 5.41) is 12.0. The molecular weight excluding hydrogens is 214 g/mol. The monoisotopic (exact) mass is 233 g/mol. The minimum atomic E-state index is -0.744. The number of carboxylic acid groups (broad SMARTS) is 1. The molecule has 0 radical (unpaired) electrons. The van der Waals surface area contributed by atoms with Gasteiger partial charge in [-0.05, 0) is 36.0 Å². The Morgan fingerprint density at radius 3 is 2.94 bits per heavy atom. The minimum absolute atomic E-state index is 0.329. The van der Waals surface area contributed by atoms with E-state index in [2.05, 4.69) is 23.5 Å². The van der Waals surface area contributed by atoms with Crippen molar-refractivity contribution in [3.63, 3.8) is 0 Å². The van der Waals surface area contributed by atoms with E-state index in [1.54, 1.807) is 6.92 Å². The van der Waals surface area contributed by atoms with Gasteiger partial charge >= 0.3 is 5.97 Å². The molecule has 2 rings (SSSR count). The number of carbonyl (C=O) groups is 1. The number of rotatable bonds is 5. The highest BCUT2D eigenvalue weighted by Gasteiger charge is 2.12. The van der Waals surface area contributed by atoms with E-state index >= 15 is 0 Å². The molecule has 92 valence electrons. The van der Waals surface area contributed by atoms with E-state index in [0.717, 1.165) is 6.54 Å². The maximum absolute atomic E-state index is 10.7. The number of hydrogen-bond donors (Lipinski definition) is 2. The van der Waals surface area contributed by atoms with Crippen LogP contribution in [0.25, 0.3) is 0 Å². The zero-order valence-electron chi connectivity index (χ0n) is 10.2. The number of hydrogen-bond acceptors (Lipinski definition) is 2.